The van der Waals surface area contributed by atoms with Crippen molar-refractivity contribution in [3.63, 3.8) is 0 Å². The lowest BCUT2D eigenvalue weighted by molar-refractivity contribution is -0.142. The third-order valence-corrected chi connectivity index (χ3v) is 6.81. The first-order valence-corrected chi connectivity index (χ1v) is 12.1. The van der Waals surface area contributed by atoms with Crippen molar-refractivity contribution in [1.82, 2.24) is 15.0 Å². The highest BCUT2D eigenvalue weighted by Crippen LogP contribution is 2.36. The number of carbonyl (C=O) groups excluding carboxylic acids is 1. The molecule has 2 fully saturated rings. The van der Waals surface area contributed by atoms with Gasteiger partial charge in [-0.05, 0) is 56.5 Å². The summed E-state index contributed by atoms with van der Waals surface area (Å²) in [6.07, 6.45) is 5.89. The maximum absolute atomic E-state index is 10.6. The maximum Gasteiger partial charge on any atom is 0.293 e. The Balaban J connectivity index is 1.23. The molecule has 7 nitrogen and oxygen atoms in total. The van der Waals surface area contributed by atoms with Crippen LogP contribution in [0.3, 0.4) is 0 Å². The predicted molar refractivity (Wildman–Crippen MR) is 128 cm³/mol. The standard InChI is InChI=1S/C27H31N3O4/c1-18(2)33-24-12-10-21(11-13-24)27-28-26(29-34-27)20-8-6-19(7-9-20)16-30(22-4-3-5-22)23-14-25(15-23)32-17-31/h6-13,17-18,22-23,25H,3-5,14-16H2,1-2H3. The molecule has 0 bridgehead atoms. The monoisotopic (exact) mass is 461 g/mol. The van der Waals surface area contributed by atoms with Gasteiger partial charge in [-0.25, -0.2) is 0 Å². The Morgan fingerprint density at radius 3 is 2.35 bits per heavy atom. The van der Waals surface area contributed by atoms with Crippen molar-refractivity contribution in [1.29, 1.82) is 0 Å². The Morgan fingerprint density at radius 1 is 1.03 bits per heavy atom. The molecule has 1 aromatic heterocycles. The third kappa shape index (κ3) is 4.99. The van der Waals surface area contributed by atoms with E-state index in [9.17, 15) is 4.79 Å². The maximum atomic E-state index is 10.6. The highest BCUT2D eigenvalue weighted by molar-refractivity contribution is 5.60. The minimum absolute atomic E-state index is 0.0822. The number of benzene rings is 2. The molecule has 0 amide bonds. The van der Waals surface area contributed by atoms with Gasteiger partial charge in [0, 0.05) is 42.6 Å². The molecule has 0 spiro atoms. The highest BCUT2D eigenvalue weighted by Gasteiger charge is 2.39. The Morgan fingerprint density at radius 2 is 1.74 bits per heavy atom. The van der Waals surface area contributed by atoms with Gasteiger partial charge in [-0.2, -0.15) is 4.98 Å². The molecule has 0 atom stereocenters. The van der Waals surface area contributed by atoms with Gasteiger partial charge in [0.25, 0.3) is 12.4 Å². The van der Waals surface area contributed by atoms with Crippen molar-refractivity contribution in [2.45, 2.75) is 76.8 Å². The largest absolute Gasteiger partial charge is 0.491 e. The summed E-state index contributed by atoms with van der Waals surface area (Å²) in [5.74, 6) is 1.88. The van der Waals surface area contributed by atoms with Crippen LogP contribution >= 0.6 is 0 Å². The Hall–Kier alpha value is -3.19. The molecule has 2 aliphatic carbocycles. The van der Waals surface area contributed by atoms with E-state index >= 15 is 0 Å². The molecule has 0 radical (unpaired) electrons. The van der Waals surface area contributed by atoms with Gasteiger partial charge in [0.1, 0.15) is 11.9 Å². The molecule has 0 unspecified atom stereocenters. The summed E-state index contributed by atoms with van der Waals surface area (Å²) in [7, 11) is 0. The molecule has 2 aliphatic rings. The average Bonchev–Trinajstić information content (AvgIpc) is 3.25. The van der Waals surface area contributed by atoms with Crippen LogP contribution in [0.5, 0.6) is 5.75 Å². The van der Waals surface area contributed by atoms with Gasteiger partial charge in [-0.15, -0.1) is 0 Å². The molecule has 2 aromatic carbocycles. The highest BCUT2D eigenvalue weighted by atomic mass is 16.5. The molecule has 34 heavy (non-hydrogen) atoms. The van der Waals surface area contributed by atoms with E-state index in [1.165, 1.54) is 24.8 Å². The summed E-state index contributed by atoms with van der Waals surface area (Å²) < 4.78 is 16.3. The second kappa shape index (κ2) is 9.97. The number of hydrogen-bond donors (Lipinski definition) is 0. The van der Waals surface area contributed by atoms with Crippen molar-refractivity contribution < 1.29 is 18.8 Å². The fourth-order valence-corrected chi connectivity index (χ4v) is 4.65. The van der Waals surface area contributed by atoms with Crippen molar-refractivity contribution in [3.05, 3.63) is 54.1 Å². The molecular weight excluding hydrogens is 430 g/mol. The molecule has 0 aliphatic heterocycles. The summed E-state index contributed by atoms with van der Waals surface area (Å²) in [6.45, 7) is 5.49. The number of rotatable bonds is 10. The first-order valence-electron chi connectivity index (χ1n) is 12.1. The molecule has 7 heteroatoms. The van der Waals surface area contributed by atoms with Crippen LogP contribution in [0.2, 0.25) is 0 Å². The summed E-state index contributed by atoms with van der Waals surface area (Å²) in [6, 6.07) is 17.2. The number of nitrogens with zero attached hydrogens (tertiary/aromatic N) is 3. The number of aromatic nitrogens is 2. The van der Waals surface area contributed by atoms with Crippen molar-refractivity contribution in [2.75, 3.05) is 0 Å². The van der Waals surface area contributed by atoms with Gasteiger partial charge in [-0.1, -0.05) is 35.8 Å². The van der Waals surface area contributed by atoms with Crippen LogP contribution < -0.4 is 4.74 Å². The Labute approximate surface area is 200 Å². The van der Waals surface area contributed by atoms with Gasteiger partial charge in [-0.3, -0.25) is 9.69 Å². The molecular formula is C27H31N3O4. The van der Waals surface area contributed by atoms with Crippen LogP contribution in [0.25, 0.3) is 22.8 Å². The van der Waals surface area contributed by atoms with Crippen LogP contribution in [-0.4, -0.2) is 45.8 Å². The summed E-state index contributed by atoms with van der Waals surface area (Å²) in [4.78, 5) is 17.8. The van der Waals surface area contributed by atoms with Crippen molar-refractivity contribution in [2.24, 2.45) is 0 Å². The lowest BCUT2D eigenvalue weighted by Crippen LogP contribution is -2.53. The van der Waals surface area contributed by atoms with Gasteiger partial charge in [0.05, 0.1) is 6.10 Å². The van der Waals surface area contributed by atoms with Gasteiger partial charge < -0.3 is 14.0 Å². The van der Waals surface area contributed by atoms with Gasteiger partial charge >= 0.3 is 0 Å². The predicted octanol–water partition coefficient (Wildman–Crippen LogP) is 5.25. The van der Waals surface area contributed by atoms with E-state index in [2.05, 4.69) is 39.3 Å². The first kappa shape index (κ1) is 22.6. The van der Waals surface area contributed by atoms with Crippen LogP contribution in [0, 0.1) is 0 Å². The minimum Gasteiger partial charge on any atom is -0.491 e. The summed E-state index contributed by atoms with van der Waals surface area (Å²) >= 11 is 0. The summed E-state index contributed by atoms with van der Waals surface area (Å²) in [5.41, 5.74) is 3.05. The van der Waals surface area contributed by atoms with Crippen molar-refractivity contribution >= 4 is 6.47 Å². The minimum atomic E-state index is 0.0822. The van der Waals surface area contributed by atoms with Crippen LogP contribution in [0.1, 0.15) is 51.5 Å². The average molecular weight is 462 g/mol. The lowest BCUT2D eigenvalue weighted by Gasteiger charge is -2.48. The Bertz CT molecular complexity index is 1080. The molecule has 178 valence electrons. The van der Waals surface area contributed by atoms with E-state index in [4.69, 9.17) is 14.0 Å². The number of ether oxygens (including phenoxy) is 2. The quantitative estimate of drug-likeness (QED) is 0.382. The molecule has 5 rings (SSSR count). The second-order valence-electron chi connectivity index (χ2n) is 9.55. The molecule has 1 heterocycles. The Kier molecular flexibility index (Phi) is 6.63. The van der Waals surface area contributed by atoms with E-state index in [0.29, 0.717) is 30.3 Å². The van der Waals surface area contributed by atoms with Crippen LogP contribution in [0.4, 0.5) is 0 Å². The zero-order valence-corrected chi connectivity index (χ0v) is 19.7. The fourth-order valence-electron chi connectivity index (χ4n) is 4.65. The van der Waals surface area contributed by atoms with E-state index in [0.717, 1.165) is 36.3 Å². The van der Waals surface area contributed by atoms with Crippen LogP contribution in [0.15, 0.2) is 53.1 Å². The fraction of sp³-hybridized carbons (Fsp3) is 0.444. The van der Waals surface area contributed by atoms with E-state index in [1.54, 1.807) is 0 Å². The van der Waals surface area contributed by atoms with Crippen LogP contribution in [-0.2, 0) is 16.1 Å². The normalized spacial score (nSPS) is 20.1. The topological polar surface area (TPSA) is 77.7 Å². The smallest absolute Gasteiger partial charge is 0.293 e. The zero-order valence-electron chi connectivity index (χ0n) is 19.7. The van der Waals surface area contributed by atoms with E-state index < -0.39 is 0 Å². The first-order chi connectivity index (χ1) is 16.6. The number of carbonyl (C=O) groups is 1. The summed E-state index contributed by atoms with van der Waals surface area (Å²) in [5, 5.41) is 4.18. The SMILES string of the molecule is CC(C)Oc1ccc(-c2nc(-c3ccc(CN(C4CCC4)C4CC(OC=O)C4)cc3)no2)cc1. The van der Waals surface area contributed by atoms with E-state index in [-0.39, 0.29) is 12.2 Å². The molecule has 0 saturated heterocycles. The molecule has 3 aromatic rings. The van der Waals surface area contributed by atoms with Crippen molar-refractivity contribution in [3.8, 4) is 28.6 Å². The lowest BCUT2D eigenvalue weighted by atomic mass is 9.82. The number of hydrogen-bond acceptors (Lipinski definition) is 7. The van der Waals surface area contributed by atoms with E-state index in [1.807, 2.05) is 38.1 Å². The zero-order chi connectivity index (χ0) is 23.5. The second-order valence-corrected chi connectivity index (χ2v) is 9.55. The third-order valence-electron chi connectivity index (χ3n) is 6.81. The molecule has 0 N–H and O–H groups in total. The molecule has 2 saturated carbocycles. The van der Waals surface area contributed by atoms with Gasteiger partial charge in [0.2, 0.25) is 5.82 Å². The van der Waals surface area contributed by atoms with Gasteiger partial charge in [0.15, 0.2) is 0 Å².